The Morgan fingerprint density at radius 2 is 0.960 bits per heavy atom. The van der Waals surface area contributed by atoms with Gasteiger partial charge in [-0.2, -0.15) is 0 Å². The first-order valence-electron chi connectivity index (χ1n) is 9.98. The highest BCUT2D eigenvalue weighted by Gasteiger charge is 2.34. The Morgan fingerprint density at radius 3 is 1.36 bits per heavy atom. The molecule has 132 valence electrons. The highest BCUT2D eigenvalue weighted by molar-refractivity contribution is 7.99. The van der Waals surface area contributed by atoms with Gasteiger partial charge in [-0.3, -0.25) is 0 Å². The lowest BCUT2D eigenvalue weighted by molar-refractivity contribution is 0.480. The van der Waals surface area contributed by atoms with Crippen molar-refractivity contribution in [3.05, 3.63) is 59.7 Å². The van der Waals surface area contributed by atoms with Crippen molar-refractivity contribution in [3.63, 3.8) is 0 Å². The third kappa shape index (κ3) is 3.28. The molecular formula is C24H30S. The Hall–Kier alpha value is -1.21. The predicted molar refractivity (Wildman–Crippen MR) is 109 cm³/mol. The van der Waals surface area contributed by atoms with Crippen LogP contribution in [0.5, 0.6) is 0 Å². The van der Waals surface area contributed by atoms with E-state index in [2.05, 4.69) is 62.4 Å². The summed E-state index contributed by atoms with van der Waals surface area (Å²) in [6.45, 7) is 4.95. The molecule has 0 heterocycles. The molecule has 0 atom stereocenters. The minimum Gasteiger partial charge on any atom is -0.0895 e. The summed E-state index contributed by atoms with van der Waals surface area (Å²) >= 11 is 2.01. The van der Waals surface area contributed by atoms with E-state index in [4.69, 9.17) is 0 Å². The zero-order chi connectivity index (χ0) is 17.3. The van der Waals surface area contributed by atoms with Gasteiger partial charge >= 0.3 is 0 Å². The first-order chi connectivity index (χ1) is 12.1. The van der Waals surface area contributed by atoms with Crippen LogP contribution in [0.3, 0.4) is 0 Å². The van der Waals surface area contributed by atoms with Gasteiger partial charge in [-0.15, -0.1) is 0 Å². The Bertz CT molecular complexity index is 670. The average Bonchev–Trinajstić information content (AvgIpc) is 3.26. The van der Waals surface area contributed by atoms with Gasteiger partial charge in [0, 0.05) is 9.79 Å². The summed E-state index contributed by atoms with van der Waals surface area (Å²) in [6, 6.07) is 18.3. The molecule has 0 radical (unpaired) electrons. The van der Waals surface area contributed by atoms with Crippen molar-refractivity contribution < 1.29 is 0 Å². The molecule has 2 aromatic rings. The monoisotopic (exact) mass is 350 g/mol. The SMILES string of the molecule is CC1(c2ccccc2Sc2ccccc2C2(C)CCCC2)CCCC1. The minimum atomic E-state index is 0.371. The van der Waals surface area contributed by atoms with Crippen LogP contribution in [-0.4, -0.2) is 0 Å². The summed E-state index contributed by atoms with van der Waals surface area (Å²) in [5, 5.41) is 0. The van der Waals surface area contributed by atoms with E-state index in [1.54, 1.807) is 11.1 Å². The van der Waals surface area contributed by atoms with Gasteiger partial charge in [0.25, 0.3) is 0 Å². The third-order valence-corrected chi connectivity index (χ3v) is 7.86. The van der Waals surface area contributed by atoms with Crippen molar-refractivity contribution in [1.82, 2.24) is 0 Å². The Morgan fingerprint density at radius 1 is 0.600 bits per heavy atom. The van der Waals surface area contributed by atoms with Crippen LogP contribution in [0.1, 0.15) is 76.3 Å². The van der Waals surface area contributed by atoms with Crippen LogP contribution in [0.15, 0.2) is 58.3 Å². The molecule has 0 aliphatic heterocycles. The summed E-state index contributed by atoms with van der Waals surface area (Å²) in [5.74, 6) is 0. The lowest BCUT2D eigenvalue weighted by atomic mass is 9.81. The van der Waals surface area contributed by atoms with Gasteiger partial charge in [0.1, 0.15) is 0 Å². The first kappa shape index (κ1) is 17.2. The van der Waals surface area contributed by atoms with E-state index in [-0.39, 0.29) is 0 Å². The number of hydrogen-bond acceptors (Lipinski definition) is 1. The first-order valence-corrected chi connectivity index (χ1v) is 10.8. The molecule has 0 bridgehead atoms. The normalized spacial score (nSPS) is 21.5. The summed E-state index contributed by atoms with van der Waals surface area (Å²) in [5.41, 5.74) is 3.89. The van der Waals surface area contributed by atoms with Gasteiger partial charge in [0.15, 0.2) is 0 Å². The largest absolute Gasteiger partial charge is 0.0895 e. The third-order valence-electron chi connectivity index (χ3n) is 6.71. The number of rotatable bonds is 4. The van der Waals surface area contributed by atoms with Gasteiger partial charge in [-0.1, -0.05) is 87.7 Å². The molecule has 0 spiro atoms. The lowest BCUT2D eigenvalue weighted by Crippen LogP contribution is -2.19. The molecule has 2 saturated carbocycles. The second-order valence-corrected chi connectivity index (χ2v) is 9.71. The second kappa shape index (κ2) is 6.83. The fourth-order valence-corrected chi connectivity index (χ4v) is 6.46. The quantitative estimate of drug-likeness (QED) is 0.550. The molecule has 0 N–H and O–H groups in total. The fourth-order valence-electron chi connectivity index (χ4n) is 5.08. The van der Waals surface area contributed by atoms with E-state index in [1.165, 1.54) is 61.2 Å². The van der Waals surface area contributed by atoms with Crippen LogP contribution in [0.25, 0.3) is 0 Å². The Balaban J connectivity index is 1.70. The van der Waals surface area contributed by atoms with Crippen LogP contribution in [0.2, 0.25) is 0 Å². The van der Waals surface area contributed by atoms with Gasteiger partial charge in [-0.25, -0.2) is 0 Å². The van der Waals surface area contributed by atoms with Crippen molar-refractivity contribution in [2.24, 2.45) is 0 Å². The van der Waals surface area contributed by atoms with Crippen LogP contribution in [0.4, 0.5) is 0 Å². The van der Waals surface area contributed by atoms with Crippen LogP contribution >= 0.6 is 11.8 Å². The molecule has 0 amide bonds. The van der Waals surface area contributed by atoms with E-state index in [1.807, 2.05) is 11.8 Å². The molecule has 2 fully saturated rings. The van der Waals surface area contributed by atoms with Crippen molar-refractivity contribution in [2.75, 3.05) is 0 Å². The molecule has 0 nitrogen and oxygen atoms in total. The topological polar surface area (TPSA) is 0 Å². The lowest BCUT2D eigenvalue weighted by Gasteiger charge is -2.29. The average molecular weight is 351 g/mol. The molecule has 0 unspecified atom stereocenters. The fraction of sp³-hybridized carbons (Fsp3) is 0.500. The zero-order valence-electron chi connectivity index (χ0n) is 15.7. The molecule has 2 aliphatic carbocycles. The highest BCUT2D eigenvalue weighted by atomic mass is 32.2. The molecule has 2 aromatic carbocycles. The Kier molecular flexibility index (Phi) is 4.71. The van der Waals surface area contributed by atoms with E-state index < -0.39 is 0 Å². The standard InChI is InChI=1S/C24H30S/c1-23(15-7-8-16-23)19-11-3-5-13-21(19)25-22-14-6-4-12-20(22)24(2)17-9-10-18-24/h3-6,11-14H,7-10,15-18H2,1-2H3. The molecular weight excluding hydrogens is 320 g/mol. The predicted octanol–water partition coefficient (Wildman–Crippen LogP) is 7.50. The molecule has 25 heavy (non-hydrogen) atoms. The van der Waals surface area contributed by atoms with Crippen molar-refractivity contribution in [1.29, 1.82) is 0 Å². The van der Waals surface area contributed by atoms with E-state index >= 15 is 0 Å². The van der Waals surface area contributed by atoms with Gasteiger partial charge in [0.05, 0.1) is 0 Å². The van der Waals surface area contributed by atoms with E-state index in [9.17, 15) is 0 Å². The molecule has 2 aliphatic rings. The van der Waals surface area contributed by atoms with E-state index in [0.717, 1.165) is 0 Å². The van der Waals surface area contributed by atoms with Gasteiger partial charge in [0.2, 0.25) is 0 Å². The summed E-state index contributed by atoms with van der Waals surface area (Å²) in [4.78, 5) is 2.95. The van der Waals surface area contributed by atoms with Crippen LogP contribution in [-0.2, 0) is 10.8 Å². The minimum absolute atomic E-state index is 0.371. The summed E-state index contributed by atoms with van der Waals surface area (Å²) in [6.07, 6.45) is 10.9. The second-order valence-electron chi connectivity index (χ2n) is 8.63. The summed E-state index contributed by atoms with van der Waals surface area (Å²) < 4.78 is 0. The van der Waals surface area contributed by atoms with Crippen molar-refractivity contribution in [2.45, 2.75) is 85.8 Å². The maximum absolute atomic E-state index is 2.48. The molecule has 4 rings (SSSR count). The highest BCUT2D eigenvalue weighted by Crippen LogP contribution is 2.49. The van der Waals surface area contributed by atoms with Crippen molar-refractivity contribution >= 4 is 11.8 Å². The number of hydrogen-bond donors (Lipinski definition) is 0. The van der Waals surface area contributed by atoms with Crippen LogP contribution < -0.4 is 0 Å². The zero-order valence-corrected chi connectivity index (χ0v) is 16.5. The van der Waals surface area contributed by atoms with Gasteiger partial charge < -0.3 is 0 Å². The maximum atomic E-state index is 2.48. The smallest absolute Gasteiger partial charge is 0.0160 e. The molecule has 0 aromatic heterocycles. The molecule has 0 saturated heterocycles. The van der Waals surface area contributed by atoms with E-state index in [0.29, 0.717) is 10.8 Å². The van der Waals surface area contributed by atoms with Crippen molar-refractivity contribution in [3.8, 4) is 0 Å². The molecule has 1 heteroatoms. The number of benzene rings is 2. The summed E-state index contributed by atoms with van der Waals surface area (Å²) in [7, 11) is 0. The van der Waals surface area contributed by atoms with Gasteiger partial charge in [-0.05, 0) is 59.8 Å². The van der Waals surface area contributed by atoms with Crippen LogP contribution in [0, 0.1) is 0 Å². The maximum Gasteiger partial charge on any atom is 0.0160 e. The Labute approximate surface area is 157 Å².